The van der Waals surface area contributed by atoms with Crippen molar-refractivity contribution in [3.63, 3.8) is 0 Å². The van der Waals surface area contributed by atoms with Gasteiger partial charge in [-0.2, -0.15) is 0 Å². The standard InChI is InChI=1S/C24H37N5O2/c1-26-17-18-29(23(30)19-26)22-10-15-28(16-11-22)24(31)25-21-8-13-27(14-9-21)12-7-20-5-3-2-4-6-20/h2-6,21-22H,7-19H2,1H3,(H,25,31). The largest absolute Gasteiger partial charge is 0.337 e. The first kappa shape index (κ1) is 22.1. The molecular formula is C24H37N5O2. The average Bonchev–Trinajstić information content (AvgIpc) is 2.79. The van der Waals surface area contributed by atoms with Gasteiger partial charge in [-0.3, -0.25) is 9.69 Å². The molecule has 0 bridgehead atoms. The van der Waals surface area contributed by atoms with Crippen molar-refractivity contribution < 1.29 is 9.59 Å². The highest BCUT2D eigenvalue weighted by molar-refractivity contribution is 5.79. The maximum absolute atomic E-state index is 12.8. The lowest BCUT2D eigenvalue weighted by atomic mass is 10.0. The van der Waals surface area contributed by atoms with Gasteiger partial charge in [0.2, 0.25) is 5.91 Å². The molecule has 1 N–H and O–H groups in total. The monoisotopic (exact) mass is 427 g/mol. The minimum absolute atomic E-state index is 0.0749. The number of carbonyl (C=O) groups excluding carboxylic acids is 2. The highest BCUT2D eigenvalue weighted by Gasteiger charge is 2.32. The van der Waals surface area contributed by atoms with Gasteiger partial charge in [0, 0.05) is 57.9 Å². The molecule has 1 aromatic carbocycles. The summed E-state index contributed by atoms with van der Waals surface area (Å²) in [5, 5.41) is 3.26. The Balaban J connectivity index is 1.14. The van der Waals surface area contributed by atoms with Crippen LogP contribution in [0.15, 0.2) is 30.3 Å². The van der Waals surface area contributed by atoms with E-state index < -0.39 is 0 Å². The Morgan fingerprint density at radius 1 is 0.968 bits per heavy atom. The van der Waals surface area contributed by atoms with E-state index in [1.165, 1.54) is 5.56 Å². The molecule has 0 unspecified atom stereocenters. The molecule has 170 valence electrons. The molecule has 3 amide bonds. The van der Waals surface area contributed by atoms with Gasteiger partial charge in [0.05, 0.1) is 6.54 Å². The number of hydrogen-bond acceptors (Lipinski definition) is 4. The van der Waals surface area contributed by atoms with Crippen LogP contribution in [-0.2, 0) is 11.2 Å². The second kappa shape index (κ2) is 10.5. The summed E-state index contributed by atoms with van der Waals surface area (Å²) in [7, 11) is 2.00. The molecule has 0 aliphatic carbocycles. The van der Waals surface area contributed by atoms with Crippen molar-refractivity contribution in [2.75, 3.05) is 59.4 Å². The lowest BCUT2D eigenvalue weighted by Gasteiger charge is -2.42. The molecule has 3 aliphatic rings. The summed E-state index contributed by atoms with van der Waals surface area (Å²) in [5.41, 5.74) is 1.39. The molecule has 3 saturated heterocycles. The van der Waals surface area contributed by atoms with Gasteiger partial charge in [-0.15, -0.1) is 0 Å². The minimum Gasteiger partial charge on any atom is -0.337 e. The average molecular weight is 428 g/mol. The summed E-state index contributed by atoms with van der Waals surface area (Å²) in [6, 6.07) is 11.3. The number of benzene rings is 1. The summed E-state index contributed by atoms with van der Waals surface area (Å²) < 4.78 is 0. The molecule has 0 atom stereocenters. The predicted octanol–water partition coefficient (Wildman–Crippen LogP) is 1.64. The molecule has 3 fully saturated rings. The summed E-state index contributed by atoms with van der Waals surface area (Å²) in [5.74, 6) is 0.232. The fourth-order valence-corrected chi connectivity index (χ4v) is 5.07. The molecular weight excluding hydrogens is 390 g/mol. The first-order chi connectivity index (χ1) is 15.1. The molecule has 1 aromatic rings. The van der Waals surface area contributed by atoms with Crippen molar-refractivity contribution in [2.45, 2.75) is 44.2 Å². The van der Waals surface area contributed by atoms with Crippen molar-refractivity contribution in [3.05, 3.63) is 35.9 Å². The van der Waals surface area contributed by atoms with Crippen LogP contribution in [0.5, 0.6) is 0 Å². The number of urea groups is 1. The molecule has 3 aliphatic heterocycles. The van der Waals surface area contributed by atoms with Crippen molar-refractivity contribution in [1.29, 1.82) is 0 Å². The first-order valence-corrected chi connectivity index (χ1v) is 11.9. The fourth-order valence-electron chi connectivity index (χ4n) is 5.07. The van der Waals surface area contributed by atoms with Gasteiger partial charge in [0.1, 0.15) is 0 Å². The van der Waals surface area contributed by atoms with E-state index in [2.05, 4.69) is 45.4 Å². The number of likely N-dealkylation sites (N-methyl/N-ethyl adjacent to an activating group) is 1. The Hall–Kier alpha value is -2.12. The van der Waals surface area contributed by atoms with Crippen LogP contribution in [0.25, 0.3) is 0 Å². The molecule has 0 spiro atoms. The van der Waals surface area contributed by atoms with Crippen molar-refractivity contribution in [2.24, 2.45) is 0 Å². The Morgan fingerprint density at radius 3 is 2.35 bits per heavy atom. The van der Waals surface area contributed by atoms with Crippen LogP contribution >= 0.6 is 0 Å². The maximum Gasteiger partial charge on any atom is 0.317 e. The molecule has 4 rings (SSSR count). The molecule has 31 heavy (non-hydrogen) atoms. The highest BCUT2D eigenvalue weighted by Crippen LogP contribution is 2.19. The molecule has 7 nitrogen and oxygen atoms in total. The van der Waals surface area contributed by atoms with Gasteiger partial charge in [-0.1, -0.05) is 30.3 Å². The van der Waals surface area contributed by atoms with Crippen molar-refractivity contribution in [1.82, 2.24) is 24.9 Å². The number of nitrogens with zero attached hydrogens (tertiary/aromatic N) is 4. The number of amides is 3. The fraction of sp³-hybridized carbons (Fsp3) is 0.667. The van der Waals surface area contributed by atoms with Crippen LogP contribution in [-0.4, -0.2) is 103 Å². The lowest BCUT2D eigenvalue weighted by molar-refractivity contribution is -0.138. The van der Waals surface area contributed by atoms with Gasteiger partial charge in [-0.25, -0.2) is 4.79 Å². The number of piperazine rings is 1. The van der Waals surface area contributed by atoms with E-state index in [1.54, 1.807) is 0 Å². The van der Waals surface area contributed by atoms with Gasteiger partial charge >= 0.3 is 6.03 Å². The number of rotatable bonds is 5. The van der Waals surface area contributed by atoms with E-state index >= 15 is 0 Å². The minimum atomic E-state index is 0.0749. The molecule has 3 heterocycles. The molecule has 0 saturated carbocycles. The van der Waals surface area contributed by atoms with Gasteiger partial charge in [0.25, 0.3) is 0 Å². The zero-order chi connectivity index (χ0) is 21.6. The number of hydrogen-bond donors (Lipinski definition) is 1. The third-order valence-electron chi connectivity index (χ3n) is 7.12. The summed E-state index contributed by atoms with van der Waals surface area (Å²) >= 11 is 0. The number of nitrogens with one attached hydrogen (secondary N) is 1. The normalized spacial score (nSPS) is 22.7. The quantitative estimate of drug-likeness (QED) is 0.776. The van der Waals surface area contributed by atoms with Crippen LogP contribution in [0.1, 0.15) is 31.2 Å². The summed E-state index contributed by atoms with van der Waals surface area (Å²) in [6.45, 7) is 6.94. The van der Waals surface area contributed by atoms with Crippen LogP contribution in [0, 0.1) is 0 Å². The Labute approximate surface area is 186 Å². The number of likely N-dealkylation sites (tertiary alicyclic amines) is 2. The van der Waals surface area contributed by atoms with Crippen LogP contribution in [0.3, 0.4) is 0 Å². The maximum atomic E-state index is 12.8. The second-order valence-corrected chi connectivity index (χ2v) is 9.34. The Morgan fingerprint density at radius 2 is 1.68 bits per heavy atom. The Bertz CT molecular complexity index is 727. The lowest BCUT2D eigenvalue weighted by Crippen LogP contribution is -2.57. The van der Waals surface area contributed by atoms with Crippen molar-refractivity contribution >= 4 is 11.9 Å². The zero-order valence-corrected chi connectivity index (χ0v) is 18.8. The number of piperidine rings is 2. The summed E-state index contributed by atoms with van der Waals surface area (Å²) in [6.07, 6.45) is 4.91. The summed E-state index contributed by atoms with van der Waals surface area (Å²) in [4.78, 5) is 33.7. The topological polar surface area (TPSA) is 59.1 Å². The van der Waals surface area contributed by atoms with Crippen LogP contribution < -0.4 is 5.32 Å². The second-order valence-electron chi connectivity index (χ2n) is 9.34. The van der Waals surface area contributed by atoms with E-state index in [1.807, 2.05) is 16.8 Å². The smallest absolute Gasteiger partial charge is 0.317 e. The van der Waals surface area contributed by atoms with E-state index in [0.717, 1.165) is 77.9 Å². The molecule has 7 heteroatoms. The van der Waals surface area contributed by atoms with Crippen LogP contribution in [0.2, 0.25) is 0 Å². The SMILES string of the molecule is CN1CCN(C2CCN(C(=O)NC3CCN(CCc4ccccc4)CC3)CC2)C(=O)C1. The third-order valence-corrected chi connectivity index (χ3v) is 7.12. The van der Waals surface area contributed by atoms with Gasteiger partial charge in [0.15, 0.2) is 0 Å². The number of carbonyl (C=O) groups is 2. The van der Waals surface area contributed by atoms with Crippen molar-refractivity contribution in [3.8, 4) is 0 Å². The molecule has 0 aromatic heterocycles. The van der Waals surface area contributed by atoms with Gasteiger partial charge < -0.3 is 20.0 Å². The highest BCUT2D eigenvalue weighted by atomic mass is 16.2. The van der Waals surface area contributed by atoms with Gasteiger partial charge in [-0.05, 0) is 44.7 Å². The Kier molecular flexibility index (Phi) is 7.45. The third kappa shape index (κ3) is 5.98. The van der Waals surface area contributed by atoms with Crippen LogP contribution in [0.4, 0.5) is 4.79 Å². The predicted molar refractivity (Wildman–Crippen MR) is 122 cm³/mol. The van der Waals surface area contributed by atoms with E-state index in [0.29, 0.717) is 6.54 Å². The van der Waals surface area contributed by atoms with E-state index in [4.69, 9.17) is 0 Å². The molecule has 0 radical (unpaired) electrons. The van der Waals surface area contributed by atoms with E-state index in [-0.39, 0.29) is 24.0 Å². The zero-order valence-electron chi connectivity index (χ0n) is 18.8. The first-order valence-electron chi connectivity index (χ1n) is 11.9. The van der Waals surface area contributed by atoms with E-state index in [9.17, 15) is 9.59 Å².